The van der Waals surface area contributed by atoms with Crippen molar-refractivity contribution in [3.05, 3.63) is 16.6 Å². The molecule has 0 saturated carbocycles. The fourth-order valence-electron chi connectivity index (χ4n) is 2.01. The topological polar surface area (TPSA) is 33.2 Å². The van der Waals surface area contributed by atoms with Gasteiger partial charge in [0, 0.05) is 17.5 Å². The van der Waals surface area contributed by atoms with Crippen LogP contribution in [0.4, 0.5) is 0 Å². The zero-order chi connectivity index (χ0) is 10.8. The molecule has 3 nitrogen and oxygen atoms in total. The standard InChI is InChI=1S/C11H16N2OS/c1-8-5-3-4-6-13(8)11(14)10-7-9(2)15-12-10/h7-8H,3-6H2,1-2H3. The molecule has 4 heteroatoms. The van der Waals surface area contributed by atoms with Crippen molar-refractivity contribution in [3.63, 3.8) is 0 Å². The van der Waals surface area contributed by atoms with Gasteiger partial charge in [-0.15, -0.1) is 0 Å². The van der Waals surface area contributed by atoms with Crippen LogP contribution in [-0.2, 0) is 0 Å². The van der Waals surface area contributed by atoms with Gasteiger partial charge in [-0.2, -0.15) is 4.37 Å². The molecule has 1 aromatic heterocycles. The van der Waals surface area contributed by atoms with Crippen molar-refractivity contribution in [2.24, 2.45) is 0 Å². The van der Waals surface area contributed by atoms with Crippen molar-refractivity contribution in [2.75, 3.05) is 6.54 Å². The summed E-state index contributed by atoms with van der Waals surface area (Å²) in [6.07, 6.45) is 3.48. The first kappa shape index (κ1) is 10.6. The van der Waals surface area contributed by atoms with Gasteiger partial charge in [0.1, 0.15) is 5.69 Å². The molecule has 2 rings (SSSR count). The van der Waals surface area contributed by atoms with E-state index in [9.17, 15) is 4.79 Å². The van der Waals surface area contributed by atoms with Crippen LogP contribution in [0.1, 0.15) is 41.6 Å². The second-order valence-corrected chi connectivity index (χ2v) is 5.18. The molecule has 1 saturated heterocycles. The summed E-state index contributed by atoms with van der Waals surface area (Å²) in [5.41, 5.74) is 0.617. The fourth-order valence-corrected chi connectivity index (χ4v) is 2.55. The Hall–Kier alpha value is -0.900. The second kappa shape index (κ2) is 4.31. The third-order valence-electron chi connectivity index (χ3n) is 2.91. The zero-order valence-electron chi connectivity index (χ0n) is 9.19. The molecule has 1 aromatic rings. The molecule has 82 valence electrons. The number of likely N-dealkylation sites (tertiary alicyclic amines) is 1. The molecule has 0 spiro atoms. The van der Waals surface area contributed by atoms with Gasteiger partial charge in [0.05, 0.1) is 0 Å². The number of piperidine rings is 1. The first-order chi connectivity index (χ1) is 7.18. The molecular weight excluding hydrogens is 208 g/mol. The largest absolute Gasteiger partial charge is 0.335 e. The van der Waals surface area contributed by atoms with Crippen LogP contribution < -0.4 is 0 Å². The molecule has 1 fully saturated rings. The molecule has 0 radical (unpaired) electrons. The SMILES string of the molecule is Cc1cc(C(=O)N2CCCCC2C)ns1. The van der Waals surface area contributed by atoms with E-state index in [1.54, 1.807) is 0 Å². The maximum absolute atomic E-state index is 12.1. The lowest BCUT2D eigenvalue weighted by atomic mass is 10.0. The van der Waals surface area contributed by atoms with Crippen LogP contribution in [0.15, 0.2) is 6.07 Å². The average Bonchev–Trinajstić information content (AvgIpc) is 2.65. The number of carbonyl (C=O) groups excluding carboxylic acids is 1. The minimum atomic E-state index is 0.103. The van der Waals surface area contributed by atoms with E-state index < -0.39 is 0 Å². The molecule has 1 amide bonds. The highest BCUT2D eigenvalue weighted by atomic mass is 32.1. The van der Waals surface area contributed by atoms with Gasteiger partial charge in [-0.25, -0.2) is 0 Å². The number of nitrogens with zero attached hydrogens (tertiary/aromatic N) is 2. The van der Waals surface area contributed by atoms with Crippen LogP contribution in [-0.4, -0.2) is 27.8 Å². The Kier molecular flexibility index (Phi) is 3.05. The van der Waals surface area contributed by atoms with Crippen molar-refractivity contribution < 1.29 is 4.79 Å². The molecule has 1 atom stereocenters. The average molecular weight is 224 g/mol. The number of amides is 1. The third-order valence-corrected chi connectivity index (χ3v) is 3.60. The predicted octanol–water partition coefficient (Wildman–Crippen LogP) is 2.47. The summed E-state index contributed by atoms with van der Waals surface area (Å²) in [6.45, 7) is 4.99. The first-order valence-electron chi connectivity index (χ1n) is 5.43. The summed E-state index contributed by atoms with van der Waals surface area (Å²) in [6, 6.07) is 2.25. The molecule has 0 bridgehead atoms. The van der Waals surface area contributed by atoms with Gasteiger partial charge in [-0.1, -0.05) is 0 Å². The van der Waals surface area contributed by atoms with E-state index in [-0.39, 0.29) is 5.91 Å². The molecular formula is C11H16N2OS. The highest BCUT2D eigenvalue weighted by molar-refractivity contribution is 7.05. The van der Waals surface area contributed by atoms with Crippen molar-refractivity contribution in [1.82, 2.24) is 9.27 Å². The van der Waals surface area contributed by atoms with Crippen LogP contribution in [0.5, 0.6) is 0 Å². The number of aryl methyl sites for hydroxylation is 1. The zero-order valence-corrected chi connectivity index (χ0v) is 10.0. The number of aromatic nitrogens is 1. The molecule has 0 N–H and O–H groups in total. The van der Waals surface area contributed by atoms with Gasteiger partial charge in [0.25, 0.3) is 5.91 Å². The molecule has 0 aliphatic carbocycles. The molecule has 2 heterocycles. The van der Waals surface area contributed by atoms with E-state index in [0.29, 0.717) is 11.7 Å². The summed E-state index contributed by atoms with van der Waals surface area (Å²) in [7, 11) is 0. The van der Waals surface area contributed by atoms with Crippen LogP contribution in [0, 0.1) is 6.92 Å². The number of hydrogen-bond acceptors (Lipinski definition) is 3. The van der Waals surface area contributed by atoms with Crippen molar-refractivity contribution in [2.45, 2.75) is 39.2 Å². The van der Waals surface area contributed by atoms with E-state index in [1.807, 2.05) is 17.9 Å². The van der Waals surface area contributed by atoms with Crippen LogP contribution >= 0.6 is 11.5 Å². The molecule has 1 unspecified atom stereocenters. The maximum Gasteiger partial charge on any atom is 0.273 e. The molecule has 0 aromatic carbocycles. The summed E-state index contributed by atoms with van der Waals surface area (Å²) in [5, 5.41) is 0. The fraction of sp³-hybridized carbons (Fsp3) is 0.636. The smallest absolute Gasteiger partial charge is 0.273 e. The van der Waals surface area contributed by atoms with Crippen LogP contribution in [0.25, 0.3) is 0 Å². The second-order valence-electron chi connectivity index (χ2n) is 4.17. The number of carbonyl (C=O) groups is 1. The Morgan fingerprint density at radius 2 is 2.40 bits per heavy atom. The van der Waals surface area contributed by atoms with Gasteiger partial charge >= 0.3 is 0 Å². The summed E-state index contributed by atoms with van der Waals surface area (Å²) in [5.74, 6) is 0.103. The Labute approximate surface area is 94.3 Å². The summed E-state index contributed by atoms with van der Waals surface area (Å²) >= 11 is 1.40. The summed E-state index contributed by atoms with van der Waals surface area (Å²) < 4.78 is 4.18. The lowest BCUT2D eigenvalue weighted by Crippen LogP contribution is -2.42. The van der Waals surface area contributed by atoms with E-state index in [2.05, 4.69) is 11.3 Å². The molecule has 15 heavy (non-hydrogen) atoms. The van der Waals surface area contributed by atoms with Gasteiger partial charge in [-0.3, -0.25) is 4.79 Å². The Balaban J connectivity index is 2.13. The van der Waals surface area contributed by atoms with Gasteiger partial charge in [0.15, 0.2) is 0 Å². The van der Waals surface area contributed by atoms with E-state index in [0.717, 1.165) is 24.3 Å². The van der Waals surface area contributed by atoms with Crippen molar-refractivity contribution >= 4 is 17.4 Å². The predicted molar refractivity (Wildman–Crippen MR) is 61.2 cm³/mol. The monoisotopic (exact) mass is 224 g/mol. The van der Waals surface area contributed by atoms with Crippen molar-refractivity contribution in [3.8, 4) is 0 Å². The van der Waals surface area contributed by atoms with Gasteiger partial charge in [0.2, 0.25) is 0 Å². The normalized spacial score (nSPS) is 21.7. The Morgan fingerprint density at radius 1 is 1.60 bits per heavy atom. The quantitative estimate of drug-likeness (QED) is 0.734. The number of hydrogen-bond donors (Lipinski definition) is 0. The van der Waals surface area contributed by atoms with Crippen molar-refractivity contribution in [1.29, 1.82) is 0 Å². The minimum absolute atomic E-state index is 0.103. The summed E-state index contributed by atoms with van der Waals surface area (Å²) in [4.78, 5) is 15.1. The van der Waals surface area contributed by atoms with Crippen LogP contribution in [0.2, 0.25) is 0 Å². The van der Waals surface area contributed by atoms with Gasteiger partial charge < -0.3 is 4.90 Å². The Morgan fingerprint density at radius 3 is 3.00 bits per heavy atom. The minimum Gasteiger partial charge on any atom is -0.335 e. The highest BCUT2D eigenvalue weighted by Gasteiger charge is 2.25. The first-order valence-corrected chi connectivity index (χ1v) is 6.20. The van der Waals surface area contributed by atoms with E-state index >= 15 is 0 Å². The van der Waals surface area contributed by atoms with Gasteiger partial charge in [-0.05, 0) is 50.7 Å². The van der Waals surface area contributed by atoms with Crippen LogP contribution in [0.3, 0.4) is 0 Å². The molecule has 1 aliphatic heterocycles. The lowest BCUT2D eigenvalue weighted by Gasteiger charge is -2.32. The molecule has 1 aliphatic rings. The van der Waals surface area contributed by atoms with E-state index in [1.165, 1.54) is 18.0 Å². The Bertz CT molecular complexity index is 361. The number of rotatable bonds is 1. The van der Waals surface area contributed by atoms with E-state index in [4.69, 9.17) is 0 Å². The highest BCUT2D eigenvalue weighted by Crippen LogP contribution is 2.19. The maximum atomic E-state index is 12.1. The third kappa shape index (κ3) is 2.20. The lowest BCUT2D eigenvalue weighted by molar-refractivity contribution is 0.0631.